The molecule has 1 aromatic rings. The molecule has 0 radical (unpaired) electrons. The van der Waals surface area contributed by atoms with Crippen molar-refractivity contribution in [3.63, 3.8) is 0 Å². The lowest BCUT2D eigenvalue weighted by atomic mass is 10.1. The van der Waals surface area contributed by atoms with Gasteiger partial charge >= 0.3 is 20.5 Å². The molecule has 0 saturated carbocycles. The zero-order valence-electron chi connectivity index (χ0n) is 19.2. The van der Waals surface area contributed by atoms with Crippen molar-refractivity contribution < 1.29 is 32.4 Å². The van der Waals surface area contributed by atoms with Gasteiger partial charge < -0.3 is 22.8 Å². The lowest BCUT2D eigenvalue weighted by Gasteiger charge is -2.38. The molecule has 0 heterocycles. The molecule has 30 heavy (non-hydrogen) atoms. The van der Waals surface area contributed by atoms with Gasteiger partial charge in [-0.1, -0.05) is 12.1 Å². The van der Waals surface area contributed by atoms with Gasteiger partial charge in [0.25, 0.3) is 0 Å². The number of aromatic carboxylic acids is 1. The molecule has 1 rings (SSSR count). The Hall–Kier alpha value is -1.31. The van der Waals surface area contributed by atoms with Crippen molar-refractivity contribution in [1.29, 1.82) is 0 Å². The fourth-order valence-electron chi connectivity index (χ4n) is 3.13. The third-order valence-corrected chi connectivity index (χ3v) is 13.4. The van der Waals surface area contributed by atoms with Crippen LogP contribution in [0.3, 0.4) is 0 Å². The Labute approximate surface area is 183 Å². The van der Waals surface area contributed by atoms with Crippen LogP contribution >= 0.6 is 0 Å². The minimum Gasteiger partial charge on any atom is -0.478 e. The summed E-state index contributed by atoms with van der Waals surface area (Å²) in [6.45, 7) is 16.1. The largest absolute Gasteiger partial charge is 0.478 e. The number of esters is 1. The number of rotatable bonds is 13. The fraction of sp³-hybridized carbons (Fsp3) is 0.600. The molecule has 1 N–H and O–H groups in total. The summed E-state index contributed by atoms with van der Waals surface area (Å²) in [6, 6.07) is 6.84. The molecule has 1 aromatic carbocycles. The highest BCUT2D eigenvalue weighted by atomic mass is 28.5. The van der Waals surface area contributed by atoms with Gasteiger partial charge in [-0.25, -0.2) is 9.59 Å². The van der Waals surface area contributed by atoms with E-state index in [4.69, 9.17) is 22.8 Å². The van der Waals surface area contributed by atoms with Gasteiger partial charge in [0.2, 0.25) is 0 Å². The van der Waals surface area contributed by atoms with Gasteiger partial charge in [0.05, 0.1) is 17.7 Å². The number of hydrogen-bond donors (Lipinski definition) is 1. The average Bonchev–Trinajstić information content (AvgIpc) is 2.57. The van der Waals surface area contributed by atoms with Crippen LogP contribution in [0.1, 0.15) is 27.1 Å². The lowest BCUT2D eigenvalue weighted by Crippen LogP contribution is -2.52. The highest BCUT2D eigenvalue weighted by Crippen LogP contribution is 2.25. The van der Waals surface area contributed by atoms with Gasteiger partial charge in [-0.15, -0.1) is 0 Å². The van der Waals surface area contributed by atoms with Crippen molar-refractivity contribution in [2.45, 2.75) is 58.3 Å². The van der Waals surface area contributed by atoms with E-state index in [1.165, 1.54) is 12.1 Å². The predicted molar refractivity (Wildman–Crippen MR) is 124 cm³/mol. The van der Waals surface area contributed by atoms with E-state index >= 15 is 0 Å². The monoisotopic (exact) mass is 472 g/mol. The Morgan fingerprint density at radius 1 is 0.833 bits per heavy atom. The molecular formula is C20H36O7Si3. The number of hydrogen-bond acceptors (Lipinski definition) is 6. The average molecular weight is 473 g/mol. The number of ether oxygens (including phenoxy) is 2. The van der Waals surface area contributed by atoms with Gasteiger partial charge in [0.15, 0.2) is 16.6 Å². The molecule has 0 atom stereocenters. The van der Waals surface area contributed by atoms with Crippen LogP contribution in [0.25, 0.3) is 0 Å². The zero-order valence-corrected chi connectivity index (χ0v) is 22.2. The SMILES string of the molecule is C[Si](C)(C)O[Si](C)(CCCOCCOC(=O)c1ccccc1C(=O)O)O[Si](C)(C)C. The maximum atomic E-state index is 12.1. The van der Waals surface area contributed by atoms with E-state index in [-0.39, 0.29) is 24.3 Å². The maximum absolute atomic E-state index is 12.1. The highest BCUT2D eigenvalue weighted by Gasteiger charge is 2.39. The van der Waals surface area contributed by atoms with Crippen LogP contribution in [0.5, 0.6) is 0 Å². The molecule has 0 bridgehead atoms. The van der Waals surface area contributed by atoms with Crippen LogP contribution in [0.4, 0.5) is 0 Å². The van der Waals surface area contributed by atoms with E-state index in [2.05, 4.69) is 45.8 Å². The van der Waals surface area contributed by atoms with Crippen LogP contribution in [0.2, 0.25) is 51.9 Å². The topological polar surface area (TPSA) is 91.3 Å². The van der Waals surface area contributed by atoms with Crippen LogP contribution in [-0.4, -0.2) is 62.1 Å². The predicted octanol–water partition coefficient (Wildman–Crippen LogP) is 4.72. The molecule has 0 aliphatic carbocycles. The summed E-state index contributed by atoms with van der Waals surface area (Å²) in [7, 11) is -5.69. The second-order valence-electron chi connectivity index (χ2n) is 9.27. The Morgan fingerprint density at radius 3 is 1.87 bits per heavy atom. The Bertz CT molecular complexity index is 695. The first-order chi connectivity index (χ1) is 13.7. The lowest BCUT2D eigenvalue weighted by molar-refractivity contribution is 0.0313. The molecule has 7 nitrogen and oxygen atoms in total. The van der Waals surface area contributed by atoms with E-state index in [0.717, 1.165) is 12.5 Å². The molecule has 0 saturated heterocycles. The maximum Gasteiger partial charge on any atom is 0.339 e. The molecule has 0 unspecified atom stereocenters. The number of carbonyl (C=O) groups excluding carboxylic acids is 1. The summed E-state index contributed by atoms with van der Waals surface area (Å²) in [5, 5.41) is 9.15. The number of carboxylic acid groups (broad SMARTS) is 1. The Kier molecular flexibility index (Phi) is 10.1. The van der Waals surface area contributed by atoms with E-state index in [9.17, 15) is 9.59 Å². The number of carboxylic acids is 1. The van der Waals surface area contributed by atoms with Gasteiger partial charge in [-0.3, -0.25) is 0 Å². The molecule has 0 spiro atoms. The van der Waals surface area contributed by atoms with Crippen molar-refractivity contribution in [1.82, 2.24) is 0 Å². The normalized spacial score (nSPS) is 12.6. The van der Waals surface area contributed by atoms with Crippen molar-refractivity contribution in [3.05, 3.63) is 35.4 Å². The summed E-state index contributed by atoms with van der Waals surface area (Å²) < 4.78 is 23.6. The first-order valence-electron chi connectivity index (χ1n) is 10.2. The van der Waals surface area contributed by atoms with Gasteiger partial charge in [0, 0.05) is 6.61 Å². The quantitative estimate of drug-likeness (QED) is 0.252. The van der Waals surface area contributed by atoms with Crippen LogP contribution in [0.15, 0.2) is 24.3 Å². The zero-order chi connectivity index (χ0) is 23.0. The second-order valence-corrected chi connectivity index (χ2v) is 22.1. The summed E-state index contributed by atoms with van der Waals surface area (Å²) in [5.74, 6) is -1.82. The van der Waals surface area contributed by atoms with Crippen molar-refractivity contribution in [3.8, 4) is 0 Å². The first-order valence-corrected chi connectivity index (χ1v) is 19.5. The highest BCUT2D eigenvalue weighted by molar-refractivity contribution is 6.87. The fourth-order valence-corrected chi connectivity index (χ4v) is 15.6. The molecule has 0 aliphatic heterocycles. The minimum absolute atomic E-state index is 0.0405. The molecular weight excluding hydrogens is 436 g/mol. The van der Waals surface area contributed by atoms with E-state index in [1.807, 2.05) is 0 Å². The smallest absolute Gasteiger partial charge is 0.339 e. The van der Waals surface area contributed by atoms with Crippen molar-refractivity contribution in [2.75, 3.05) is 19.8 Å². The third-order valence-electron chi connectivity index (χ3n) is 3.80. The Morgan fingerprint density at radius 2 is 1.37 bits per heavy atom. The Balaban J connectivity index is 2.41. The standard InChI is InChI=1S/C20H36O7Si3/c1-28(2,3)26-30(7,27-29(4,5)6)16-10-13-24-14-15-25-20(23)18-12-9-8-11-17(18)19(21)22/h8-9,11-12H,10,13-16H2,1-7H3,(H,21,22). The van der Waals surface area contributed by atoms with Gasteiger partial charge in [-0.05, 0) is 70.4 Å². The van der Waals surface area contributed by atoms with E-state index in [1.54, 1.807) is 12.1 Å². The van der Waals surface area contributed by atoms with E-state index in [0.29, 0.717) is 6.61 Å². The number of benzene rings is 1. The molecule has 170 valence electrons. The van der Waals surface area contributed by atoms with Crippen LogP contribution < -0.4 is 0 Å². The van der Waals surface area contributed by atoms with Crippen molar-refractivity contribution >= 4 is 37.1 Å². The van der Waals surface area contributed by atoms with Crippen LogP contribution in [-0.2, 0) is 17.7 Å². The van der Waals surface area contributed by atoms with Crippen molar-refractivity contribution in [2.24, 2.45) is 0 Å². The third kappa shape index (κ3) is 10.6. The summed E-state index contributed by atoms with van der Waals surface area (Å²) in [6.07, 6.45) is 0.813. The molecule has 0 aliphatic rings. The number of carbonyl (C=O) groups is 2. The summed E-state index contributed by atoms with van der Waals surface area (Å²) in [5.41, 5.74) is -0.0313. The van der Waals surface area contributed by atoms with E-state index < -0.39 is 37.1 Å². The van der Waals surface area contributed by atoms with Gasteiger partial charge in [-0.2, -0.15) is 0 Å². The second kappa shape index (κ2) is 11.3. The molecule has 0 fully saturated rings. The molecule has 0 aromatic heterocycles. The van der Waals surface area contributed by atoms with Crippen LogP contribution in [0, 0.1) is 0 Å². The summed E-state index contributed by atoms with van der Waals surface area (Å²) in [4.78, 5) is 23.3. The minimum atomic E-state index is -2.27. The van der Waals surface area contributed by atoms with Gasteiger partial charge in [0.1, 0.15) is 6.61 Å². The first kappa shape index (κ1) is 26.7. The summed E-state index contributed by atoms with van der Waals surface area (Å²) >= 11 is 0. The molecule has 0 amide bonds. The molecule has 10 heteroatoms.